The van der Waals surface area contributed by atoms with Crippen LogP contribution in [0.2, 0.25) is 0 Å². The summed E-state index contributed by atoms with van der Waals surface area (Å²) in [6.45, 7) is 4.25. The molecule has 0 aliphatic heterocycles. The number of rotatable bonds is 2. The SMILES string of the molecule is CC(C)c1ccc2c(=O)c(-c3ccccc3)coc2c1. The standard InChI is InChI=1S/C18H16O2/c1-12(2)14-8-9-15-17(10-14)20-11-16(18(15)19)13-6-4-3-5-7-13/h3-12H,1-2H3. The molecule has 2 aromatic carbocycles. The largest absolute Gasteiger partial charge is 0.463 e. The zero-order chi connectivity index (χ0) is 14.1. The molecule has 20 heavy (non-hydrogen) atoms. The summed E-state index contributed by atoms with van der Waals surface area (Å²) < 4.78 is 5.67. The first-order valence-electron chi connectivity index (χ1n) is 6.77. The molecule has 0 fully saturated rings. The fraction of sp³-hybridized carbons (Fsp3) is 0.167. The van der Waals surface area contributed by atoms with Crippen molar-refractivity contribution >= 4 is 11.0 Å². The molecular formula is C18H16O2. The molecule has 0 aliphatic carbocycles. The second-order valence-corrected chi connectivity index (χ2v) is 5.25. The third-order valence-corrected chi connectivity index (χ3v) is 3.55. The third-order valence-electron chi connectivity index (χ3n) is 3.55. The van der Waals surface area contributed by atoms with Crippen LogP contribution >= 0.6 is 0 Å². The average Bonchev–Trinajstić information content (AvgIpc) is 2.48. The topological polar surface area (TPSA) is 30.2 Å². The molecule has 3 rings (SSSR count). The van der Waals surface area contributed by atoms with Crippen molar-refractivity contribution in [1.82, 2.24) is 0 Å². The van der Waals surface area contributed by atoms with Crippen LogP contribution in [0.25, 0.3) is 22.1 Å². The van der Waals surface area contributed by atoms with Gasteiger partial charge in [0.25, 0.3) is 0 Å². The van der Waals surface area contributed by atoms with Gasteiger partial charge >= 0.3 is 0 Å². The van der Waals surface area contributed by atoms with Gasteiger partial charge in [-0.25, -0.2) is 0 Å². The minimum Gasteiger partial charge on any atom is -0.463 e. The van der Waals surface area contributed by atoms with E-state index >= 15 is 0 Å². The first-order chi connectivity index (χ1) is 9.66. The fourth-order valence-corrected chi connectivity index (χ4v) is 2.32. The van der Waals surface area contributed by atoms with Crippen LogP contribution in [0.15, 0.2) is 64.0 Å². The van der Waals surface area contributed by atoms with Gasteiger partial charge in [-0.3, -0.25) is 4.79 Å². The van der Waals surface area contributed by atoms with Gasteiger partial charge in [-0.2, -0.15) is 0 Å². The van der Waals surface area contributed by atoms with Crippen molar-refractivity contribution in [3.63, 3.8) is 0 Å². The molecule has 0 radical (unpaired) electrons. The van der Waals surface area contributed by atoms with Crippen molar-refractivity contribution in [3.05, 3.63) is 70.6 Å². The molecule has 0 atom stereocenters. The van der Waals surface area contributed by atoms with Gasteiger partial charge in [0.15, 0.2) is 5.43 Å². The second kappa shape index (κ2) is 4.97. The van der Waals surface area contributed by atoms with Crippen LogP contribution in [-0.4, -0.2) is 0 Å². The van der Waals surface area contributed by atoms with Crippen LogP contribution in [0.5, 0.6) is 0 Å². The second-order valence-electron chi connectivity index (χ2n) is 5.25. The molecule has 100 valence electrons. The van der Waals surface area contributed by atoms with Crippen molar-refractivity contribution in [1.29, 1.82) is 0 Å². The first-order valence-corrected chi connectivity index (χ1v) is 6.77. The van der Waals surface area contributed by atoms with Crippen molar-refractivity contribution in [2.45, 2.75) is 19.8 Å². The van der Waals surface area contributed by atoms with Crippen LogP contribution in [-0.2, 0) is 0 Å². The molecule has 0 aliphatic rings. The third kappa shape index (κ3) is 2.14. The predicted octanol–water partition coefficient (Wildman–Crippen LogP) is 4.58. The van der Waals surface area contributed by atoms with Gasteiger partial charge in [0.05, 0.1) is 10.9 Å². The lowest BCUT2D eigenvalue weighted by Crippen LogP contribution is -2.05. The summed E-state index contributed by atoms with van der Waals surface area (Å²) in [5.41, 5.74) is 3.34. The summed E-state index contributed by atoms with van der Waals surface area (Å²) in [6, 6.07) is 15.4. The minimum atomic E-state index is 0.0211. The Balaban J connectivity index is 2.22. The summed E-state index contributed by atoms with van der Waals surface area (Å²) in [4.78, 5) is 12.6. The number of hydrogen-bond acceptors (Lipinski definition) is 2. The van der Waals surface area contributed by atoms with Gasteiger partial charge in [0, 0.05) is 0 Å². The summed E-state index contributed by atoms with van der Waals surface area (Å²) in [5.74, 6) is 0.415. The number of fused-ring (bicyclic) bond motifs is 1. The van der Waals surface area contributed by atoms with E-state index in [1.807, 2.05) is 48.5 Å². The molecule has 0 saturated carbocycles. The van der Waals surface area contributed by atoms with Crippen molar-refractivity contribution in [2.24, 2.45) is 0 Å². The Hall–Kier alpha value is -2.35. The van der Waals surface area contributed by atoms with Crippen molar-refractivity contribution < 1.29 is 4.42 Å². The van der Waals surface area contributed by atoms with E-state index in [9.17, 15) is 4.79 Å². The highest BCUT2D eigenvalue weighted by Gasteiger charge is 2.10. The van der Waals surface area contributed by atoms with E-state index in [0.29, 0.717) is 22.5 Å². The predicted molar refractivity (Wildman–Crippen MR) is 82.0 cm³/mol. The summed E-state index contributed by atoms with van der Waals surface area (Å²) in [5, 5.41) is 0.635. The van der Waals surface area contributed by atoms with Crippen LogP contribution in [0.4, 0.5) is 0 Å². The Morgan fingerprint density at radius 1 is 1.00 bits per heavy atom. The summed E-state index contributed by atoms with van der Waals surface area (Å²) in [7, 11) is 0. The van der Waals surface area contributed by atoms with Gasteiger partial charge in [-0.15, -0.1) is 0 Å². The maximum absolute atomic E-state index is 12.6. The maximum Gasteiger partial charge on any atom is 0.200 e. The monoisotopic (exact) mass is 264 g/mol. The Labute approximate surface area is 117 Å². The van der Waals surface area contributed by atoms with E-state index in [-0.39, 0.29) is 5.43 Å². The molecule has 2 nitrogen and oxygen atoms in total. The van der Waals surface area contributed by atoms with E-state index < -0.39 is 0 Å². The lowest BCUT2D eigenvalue weighted by Gasteiger charge is -2.07. The van der Waals surface area contributed by atoms with Gasteiger partial charge in [0.1, 0.15) is 11.8 Å². The molecule has 0 amide bonds. The van der Waals surface area contributed by atoms with Crippen LogP contribution in [0.1, 0.15) is 25.3 Å². The normalized spacial score (nSPS) is 11.2. The molecule has 0 spiro atoms. The highest BCUT2D eigenvalue weighted by atomic mass is 16.3. The van der Waals surface area contributed by atoms with Crippen molar-refractivity contribution in [2.75, 3.05) is 0 Å². The molecule has 0 saturated heterocycles. The number of hydrogen-bond donors (Lipinski definition) is 0. The van der Waals surface area contributed by atoms with E-state index in [1.54, 1.807) is 6.26 Å². The van der Waals surface area contributed by atoms with Gasteiger partial charge in [0.2, 0.25) is 0 Å². The van der Waals surface area contributed by atoms with Gasteiger partial charge < -0.3 is 4.42 Å². The Morgan fingerprint density at radius 3 is 2.45 bits per heavy atom. The lowest BCUT2D eigenvalue weighted by molar-refractivity contribution is 0.603. The molecule has 1 aromatic heterocycles. The quantitative estimate of drug-likeness (QED) is 0.678. The van der Waals surface area contributed by atoms with Crippen LogP contribution < -0.4 is 5.43 Å². The fourth-order valence-electron chi connectivity index (χ4n) is 2.32. The average molecular weight is 264 g/mol. The molecule has 2 heteroatoms. The maximum atomic E-state index is 12.6. The first kappa shape index (κ1) is 12.7. The molecule has 0 bridgehead atoms. The minimum absolute atomic E-state index is 0.0211. The number of benzene rings is 2. The molecule has 3 aromatic rings. The van der Waals surface area contributed by atoms with Crippen LogP contribution in [0, 0.1) is 0 Å². The Bertz CT molecular complexity index is 799. The van der Waals surface area contributed by atoms with Gasteiger partial charge in [-0.1, -0.05) is 50.2 Å². The lowest BCUT2D eigenvalue weighted by atomic mass is 10.0. The molecule has 1 heterocycles. The molecule has 0 unspecified atom stereocenters. The Morgan fingerprint density at radius 2 is 1.75 bits per heavy atom. The smallest absolute Gasteiger partial charge is 0.200 e. The highest BCUT2D eigenvalue weighted by molar-refractivity contribution is 5.82. The van der Waals surface area contributed by atoms with E-state index in [1.165, 1.54) is 5.56 Å². The zero-order valence-electron chi connectivity index (χ0n) is 11.6. The summed E-state index contributed by atoms with van der Waals surface area (Å²) >= 11 is 0. The van der Waals surface area contributed by atoms with E-state index in [0.717, 1.165) is 5.56 Å². The van der Waals surface area contributed by atoms with Crippen LogP contribution in [0.3, 0.4) is 0 Å². The molecular weight excluding hydrogens is 248 g/mol. The Kier molecular flexibility index (Phi) is 3.15. The van der Waals surface area contributed by atoms with E-state index in [2.05, 4.69) is 13.8 Å². The summed E-state index contributed by atoms with van der Waals surface area (Å²) in [6.07, 6.45) is 1.56. The molecule has 0 N–H and O–H groups in total. The zero-order valence-corrected chi connectivity index (χ0v) is 11.6. The van der Waals surface area contributed by atoms with Crippen molar-refractivity contribution in [3.8, 4) is 11.1 Å². The highest BCUT2D eigenvalue weighted by Crippen LogP contribution is 2.23. The van der Waals surface area contributed by atoms with Gasteiger partial charge in [-0.05, 0) is 29.2 Å². The van der Waals surface area contributed by atoms with E-state index in [4.69, 9.17) is 4.42 Å².